The molecule has 0 spiro atoms. The molecule has 0 saturated carbocycles. The third-order valence-corrected chi connectivity index (χ3v) is 4.48. The van der Waals surface area contributed by atoms with Gasteiger partial charge in [-0.1, -0.05) is 29.3 Å². The van der Waals surface area contributed by atoms with Gasteiger partial charge in [-0.25, -0.2) is 0 Å². The fourth-order valence-electron chi connectivity index (χ4n) is 2.46. The van der Waals surface area contributed by atoms with Crippen LogP contribution in [0.15, 0.2) is 36.4 Å². The van der Waals surface area contributed by atoms with Crippen LogP contribution in [0.5, 0.6) is 5.75 Å². The minimum atomic E-state index is -0.785. The average molecular weight is 352 g/mol. The Morgan fingerprint density at radius 3 is 2.83 bits per heavy atom. The molecule has 1 aliphatic rings. The van der Waals surface area contributed by atoms with Gasteiger partial charge in [0.05, 0.1) is 22.8 Å². The number of fused-ring (bicyclic) bond motifs is 1. The molecule has 23 heavy (non-hydrogen) atoms. The lowest BCUT2D eigenvalue weighted by molar-refractivity contribution is 0.0916. The molecule has 4 nitrogen and oxygen atoms in total. The van der Waals surface area contributed by atoms with Crippen molar-refractivity contribution in [2.45, 2.75) is 12.5 Å². The maximum Gasteiger partial charge on any atom is 0.251 e. The van der Waals surface area contributed by atoms with Crippen molar-refractivity contribution in [1.82, 2.24) is 5.32 Å². The van der Waals surface area contributed by atoms with Gasteiger partial charge in [-0.2, -0.15) is 0 Å². The minimum Gasteiger partial charge on any atom is -0.493 e. The van der Waals surface area contributed by atoms with Crippen LogP contribution in [-0.4, -0.2) is 24.2 Å². The number of hydrogen-bond donors (Lipinski definition) is 2. The second-order valence-corrected chi connectivity index (χ2v) is 6.13. The van der Waals surface area contributed by atoms with Crippen molar-refractivity contribution in [2.24, 2.45) is 0 Å². The van der Waals surface area contributed by atoms with Crippen LogP contribution >= 0.6 is 23.2 Å². The van der Waals surface area contributed by atoms with Crippen LogP contribution in [0.1, 0.15) is 27.6 Å². The number of ether oxygens (including phenoxy) is 1. The fourth-order valence-corrected chi connectivity index (χ4v) is 2.76. The van der Waals surface area contributed by atoms with Gasteiger partial charge in [0.25, 0.3) is 5.91 Å². The lowest BCUT2D eigenvalue weighted by Crippen LogP contribution is -2.28. The van der Waals surface area contributed by atoms with E-state index < -0.39 is 6.10 Å². The highest BCUT2D eigenvalue weighted by atomic mass is 35.5. The molecule has 6 heteroatoms. The first-order chi connectivity index (χ1) is 11.0. The number of aliphatic hydroxyl groups is 1. The number of carbonyl (C=O) groups excluding carboxylic acids is 1. The summed E-state index contributed by atoms with van der Waals surface area (Å²) >= 11 is 11.7. The average Bonchev–Trinajstić information content (AvgIpc) is 3.02. The van der Waals surface area contributed by atoms with Gasteiger partial charge in [0.15, 0.2) is 0 Å². The van der Waals surface area contributed by atoms with E-state index in [1.165, 1.54) is 6.07 Å². The van der Waals surface area contributed by atoms with Gasteiger partial charge in [0.1, 0.15) is 5.75 Å². The number of hydrogen-bond acceptors (Lipinski definition) is 3. The Morgan fingerprint density at radius 2 is 2.04 bits per heavy atom. The zero-order chi connectivity index (χ0) is 16.4. The summed E-state index contributed by atoms with van der Waals surface area (Å²) in [6.07, 6.45) is 0.0542. The first-order valence-electron chi connectivity index (χ1n) is 7.21. The van der Waals surface area contributed by atoms with Crippen LogP contribution in [-0.2, 0) is 6.42 Å². The van der Waals surface area contributed by atoms with Gasteiger partial charge in [-0.15, -0.1) is 0 Å². The van der Waals surface area contributed by atoms with Crippen LogP contribution < -0.4 is 10.1 Å². The topological polar surface area (TPSA) is 58.6 Å². The monoisotopic (exact) mass is 351 g/mol. The molecule has 2 aromatic carbocycles. The summed E-state index contributed by atoms with van der Waals surface area (Å²) < 4.78 is 5.44. The normalized spacial score (nSPS) is 14.0. The van der Waals surface area contributed by atoms with Crippen molar-refractivity contribution < 1.29 is 14.6 Å². The Kier molecular flexibility index (Phi) is 4.76. The first-order valence-corrected chi connectivity index (χ1v) is 7.97. The fraction of sp³-hybridized carbons (Fsp3) is 0.235. The van der Waals surface area contributed by atoms with Gasteiger partial charge in [-0.3, -0.25) is 4.79 Å². The highest BCUT2D eigenvalue weighted by molar-refractivity contribution is 6.42. The molecular weight excluding hydrogens is 337 g/mol. The van der Waals surface area contributed by atoms with Crippen molar-refractivity contribution in [2.75, 3.05) is 13.2 Å². The SMILES string of the molecule is O=C(NCC(O)c1ccc2c(c1)CCO2)c1ccc(Cl)c(Cl)c1. The minimum absolute atomic E-state index is 0.110. The smallest absolute Gasteiger partial charge is 0.251 e. The lowest BCUT2D eigenvalue weighted by Gasteiger charge is -2.13. The Morgan fingerprint density at radius 1 is 1.22 bits per heavy atom. The molecule has 2 aromatic rings. The van der Waals surface area contributed by atoms with E-state index >= 15 is 0 Å². The molecule has 0 bridgehead atoms. The number of halogens is 2. The molecule has 0 aliphatic carbocycles. The van der Waals surface area contributed by atoms with E-state index in [1.54, 1.807) is 18.2 Å². The summed E-state index contributed by atoms with van der Waals surface area (Å²) in [5.41, 5.74) is 2.23. The zero-order valence-corrected chi connectivity index (χ0v) is 13.7. The maximum absolute atomic E-state index is 12.1. The van der Waals surface area contributed by atoms with Crippen molar-refractivity contribution in [3.63, 3.8) is 0 Å². The van der Waals surface area contributed by atoms with Gasteiger partial charge < -0.3 is 15.2 Å². The van der Waals surface area contributed by atoms with E-state index in [2.05, 4.69) is 5.32 Å². The Hall–Kier alpha value is -1.75. The van der Waals surface area contributed by atoms with Crippen molar-refractivity contribution in [3.05, 3.63) is 63.1 Å². The molecule has 1 amide bonds. The lowest BCUT2D eigenvalue weighted by atomic mass is 10.0. The molecule has 0 radical (unpaired) electrons. The largest absolute Gasteiger partial charge is 0.493 e. The molecule has 120 valence electrons. The van der Waals surface area contributed by atoms with E-state index in [4.69, 9.17) is 27.9 Å². The third-order valence-electron chi connectivity index (χ3n) is 3.74. The quantitative estimate of drug-likeness (QED) is 0.887. The zero-order valence-electron chi connectivity index (χ0n) is 12.2. The molecule has 1 atom stereocenters. The summed E-state index contributed by atoms with van der Waals surface area (Å²) in [5, 5.41) is 13.6. The van der Waals surface area contributed by atoms with E-state index in [0.717, 1.165) is 23.3 Å². The number of benzene rings is 2. The van der Waals surface area contributed by atoms with Crippen LogP contribution in [0, 0.1) is 0 Å². The number of aliphatic hydroxyl groups excluding tert-OH is 1. The highest BCUT2D eigenvalue weighted by Gasteiger charge is 2.16. The molecule has 0 saturated heterocycles. The van der Waals surface area contributed by atoms with Crippen LogP contribution in [0.4, 0.5) is 0 Å². The molecule has 2 N–H and O–H groups in total. The standard InChI is InChI=1S/C17H15Cl2NO3/c18-13-3-1-12(8-14(13)19)17(22)20-9-15(21)10-2-4-16-11(7-10)5-6-23-16/h1-4,7-8,15,21H,5-6,9H2,(H,20,22). The molecule has 0 fully saturated rings. The molecular formula is C17H15Cl2NO3. The molecule has 1 heterocycles. The maximum atomic E-state index is 12.1. The summed E-state index contributed by atoms with van der Waals surface area (Å²) in [4.78, 5) is 12.1. The Bertz CT molecular complexity index is 749. The second-order valence-electron chi connectivity index (χ2n) is 5.32. The van der Waals surface area contributed by atoms with Gasteiger partial charge in [-0.05, 0) is 41.5 Å². The number of amides is 1. The Balaban J connectivity index is 1.63. The van der Waals surface area contributed by atoms with E-state index in [1.807, 2.05) is 12.1 Å². The number of nitrogens with one attached hydrogen (secondary N) is 1. The predicted octanol–water partition coefficient (Wildman–Crippen LogP) is 3.39. The molecule has 1 unspecified atom stereocenters. The van der Waals surface area contributed by atoms with Crippen molar-refractivity contribution >= 4 is 29.1 Å². The van der Waals surface area contributed by atoms with E-state index in [-0.39, 0.29) is 12.5 Å². The number of rotatable bonds is 4. The first kappa shape index (κ1) is 16.1. The molecule has 1 aliphatic heterocycles. The predicted molar refractivity (Wildman–Crippen MR) is 89.4 cm³/mol. The summed E-state index contributed by atoms with van der Waals surface area (Å²) in [5.74, 6) is 0.549. The molecule has 0 aromatic heterocycles. The van der Waals surface area contributed by atoms with Crippen LogP contribution in [0.2, 0.25) is 10.0 Å². The summed E-state index contributed by atoms with van der Waals surface area (Å²) in [6, 6.07) is 10.2. The van der Waals surface area contributed by atoms with Crippen molar-refractivity contribution in [1.29, 1.82) is 0 Å². The number of carbonyl (C=O) groups is 1. The summed E-state index contributed by atoms with van der Waals surface area (Å²) in [7, 11) is 0. The van der Waals surface area contributed by atoms with Gasteiger partial charge in [0.2, 0.25) is 0 Å². The van der Waals surface area contributed by atoms with E-state index in [9.17, 15) is 9.90 Å². The Labute approximate surface area is 144 Å². The van der Waals surface area contributed by atoms with Crippen molar-refractivity contribution in [3.8, 4) is 5.75 Å². The highest BCUT2D eigenvalue weighted by Crippen LogP contribution is 2.28. The summed E-state index contributed by atoms with van der Waals surface area (Å²) in [6.45, 7) is 0.779. The van der Waals surface area contributed by atoms with Crippen LogP contribution in [0.25, 0.3) is 0 Å². The van der Waals surface area contributed by atoms with E-state index in [0.29, 0.717) is 22.2 Å². The molecule has 3 rings (SSSR count). The van der Waals surface area contributed by atoms with Gasteiger partial charge >= 0.3 is 0 Å². The third kappa shape index (κ3) is 3.61. The van der Waals surface area contributed by atoms with Gasteiger partial charge in [0, 0.05) is 18.5 Å². The second kappa shape index (κ2) is 6.79. The van der Waals surface area contributed by atoms with Crippen LogP contribution in [0.3, 0.4) is 0 Å².